The number of aryl methyl sites for hydroxylation is 1. The van der Waals surface area contributed by atoms with Crippen molar-refractivity contribution in [2.24, 2.45) is 0 Å². The Bertz CT molecular complexity index is 1420. The molecule has 0 unspecified atom stereocenters. The molecule has 2 aromatic carbocycles. The maximum atomic E-state index is 11.0. The number of nitriles is 1. The Morgan fingerprint density at radius 1 is 1.10 bits per heavy atom. The number of rotatable bonds is 8. The molecule has 6 rings (SSSR count). The van der Waals surface area contributed by atoms with Gasteiger partial charge in [-0.15, -0.1) is 0 Å². The third-order valence-corrected chi connectivity index (χ3v) is 9.09. The van der Waals surface area contributed by atoms with Gasteiger partial charge in [0.1, 0.15) is 18.4 Å². The van der Waals surface area contributed by atoms with E-state index in [-0.39, 0.29) is 38.3 Å². The van der Waals surface area contributed by atoms with E-state index in [1.54, 1.807) is 20.3 Å². The highest BCUT2D eigenvalue weighted by Gasteiger charge is 2.56. The van der Waals surface area contributed by atoms with Gasteiger partial charge in [-0.1, -0.05) is 18.7 Å². The van der Waals surface area contributed by atoms with Crippen molar-refractivity contribution in [1.29, 1.82) is 5.26 Å². The van der Waals surface area contributed by atoms with Crippen LogP contribution in [0.2, 0.25) is 0 Å². The summed E-state index contributed by atoms with van der Waals surface area (Å²) < 4.78 is 35.6. The molecule has 2 aromatic rings. The number of fused-ring (bicyclic) bond motifs is 9. The van der Waals surface area contributed by atoms with Crippen LogP contribution in [0.15, 0.2) is 18.7 Å². The van der Waals surface area contributed by atoms with Gasteiger partial charge in [-0.05, 0) is 44.9 Å². The van der Waals surface area contributed by atoms with Crippen molar-refractivity contribution in [2.75, 3.05) is 48.1 Å². The largest absolute Gasteiger partial charge is 0.493 e. The van der Waals surface area contributed by atoms with Crippen LogP contribution >= 0.6 is 0 Å². The monoisotopic (exact) mass is 563 g/mol. The summed E-state index contributed by atoms with van der Waals surface area (Å²) in [6.07, 6.45) is 2.93. The minimum atomic E-state index is -0.494. The lowest BCUT2D eigenvalue weighted by molar-refractivity contribution is -0.0832. The summed E-state index contributed by atoms with van der Waals surface area (Å²) in [5.74, 6) is 3.30. The maximum Gasteiger partial charge on any atom is 0.231 e. The van der Waals surface area contributed by atoms with Crippen molar-refractivity contribution in [3.05, 3.63) is 52.1 Å². The van der Waals surface area contributed by atoms with Gasteiger partial charge in [0.25, 0.3) is 0 Å². The number of methoxy groups -OCH3 is 2. The molecule has 10 heteroatoms. The Balaban J connectivity index is 1.60. The predicted octanol–water partition coefficient (Wildman–Crippen LogP) is 3.35. The van der Waals surface area contributed by atoms with Crippen molar-refractivity contribution in [3.8, 4) is 34.8 Å². The molecule has 2 bridgehead atoms. The number of benzene rings is 2. The molecule has 1 fully saturated rings. The number of nitrogens with zero attached hydrogens (tertiary/aromatic N) is 3. The molecule has 0 saturated carbocycles. The Hall–Kier alpha value is -3.49. The second-order valence-corrected chi connectivity index (χ2v) is 11.1. The van der Waals surface area contributed by atoms with E-state index in [0.717, 1.165) is 33.4 Å². The van der Waals surface area contributed by atoms with Gasteiger partial charge in [0.05, 0.1) is 31.9 Å². The summed E-state index contributed by atoms with van der Waals surface area (Å²) in [5, 5.41) is 21.6. The van der Waals surface area contributed by atoms with Crippen molar-refractivity contribution in [3.63, 3.8) is 0 Å². The van der Waals surface area contributed by atoms with Gasteiger partial charge in [-0.25, -0.2) is 0 Å². The van der Waals surface area contributed by atoms with Gasteiger partial charge in [0.2, 0.25) is 6.79 Å². The molecule has 4 aliphatic heterocycles. The molecule has 0 spiro atoms. The first kappa shape index (κ1) is 27.7. The van der Waals surface area contributed by atoms with Crippen LogP contribution in [0.1, 0.15) is 45.5 Å². The van der Waals surface area contributed by atoms with Crippen molar-refractivity contribution < 1.29 is 33.5 Å². The molecule has 0 amide bonds. The van der Waals surface area contributed by atoms with E-state index in [4.69, 9.17) is 28.4 Å². The molecule has 0 aromatic heterocycles. The standard InChI is InChI=1S/C31H37N3O7/c1-7-8-38-28-17(3)29-31(41-15-40-29)25-19(28)11-21-26-24-18(9-16(2)27(37-6)30(24)39-14-36-5)10-20(33(26)4)22(12-32)34(21)23(25)13-35/h7,9,20-23,26,35H,1,8,10-11,13-15H2,2-6H3/t20-,21-,22-,23-,26+/m0/s1. The minimum absolute atomic E-state index is 0.0750. The van der Waals surface area contributed by atoms with E-state index in [9.17, 15) is 10.4 Å². The number of likely N-dealkylation sites (N-methyl/N-ethyl adjacent to an activating group) is 1. The SMILES string of the molecule is C=CCOc1c(C)c2c(c3c1C[C@H]1[C@@H]4c5c(cc(C)c(OC)c5OCOC)C[C@@H]([C@H](C#N)N1[C@H]3CO)N4C)OCO2. The van der Waals surface area contributed by atoms with Crippen LogP contribution in [0, 0.1) is 25.2 Å². The van der Waals surface area contributed by atoms with Crippen molar-refractivity contribution in [2.45, 2.75) is 56.9 Å². The molecule has 0 radical (unpaired) electrons. The van der Waals surface area contributed by atoms with Crippen molar-refractivity contribution >= 4 is 0 Å². The van der Waals surface area contributed by atoms with Gasteiger partial charge < -0.3 is 33.5 Å². The minimum Gasteiger partial charge on any atom is -0.493 e. The number of hydrogen-bond acceptors (Lipinski definition) is 10. The number of hydrogen-bond donors (Lipinski definition) is 1. The molecule has 1 N–H and O–H groups in total. The van der Waals surface area contributed by atoms with Crippen LogP contribution in [0.5, 0.6) is 28.7 Å². The van der Waals surface area contributed by atoms with Gasteiger partial charge >= 0.3 is 0 Å². The highest BCUT2D eigenvalue weighted by molar-refractivity contribution is 5.66. The number of aliphatic hydroxyl groups excluding tert-OH is 1. The van der Waals surface area contributed by atoms with Crippen LogP contribution < -0.4 is 23.7 Å². The van der Waals surface area contributed by atoms with Crippen LogP contribution in [0.4, 0.5) is 0 Å². The lowest BCUT2D eigenvalue weighted by Crippen LogP contribution is -2.68. The van der Waals surface area contributed by atoms with Crippen LogP contribution in [0.25, 0.3) is 0 Å². The highest BCUT2D eigenvalue weighted by atomic mass is 16.7. The maximum absolute atomic E-state index is 11.0. The Morgan fingerprint density at radius 3 is 2.56 bits per heavy atom. The van der Waals surface area contributed by atoms with E-state index >= 15 is 0 Å². The van der Waals surface area contributed by atoms with Gasteiger partial charge in [-0.3, -0.25) is 9.80 Å². The highest BCUT2D eigenvalue weighted by Crippen LogP contribution is 2.58. The summed E-state index contributed by atoms with van der Waals surface area (Å²) in [6.45, 7) is 8.11. The smallest absolute Gasteiger partial charge is 0.231 e. The molecular weight excluding hydrogens is 526 g/mol. The molecule has 4 heterocycles. The predicted molar refractivity (Wildman–Crippen MR) is 150 cm³/mol. The van der Waals surface area contributed by atoms with Crippen molar-refractivity contribution in [1.82, 2.24) is 9.80 Å². The Morgan fingerprint density at radius 2 is 1.88 bits per heavy atom. The van der Waals surface area contributed by atoms with Crippen LogP contribution in [-0.2, 0) is 17.6 Å². The average molecular weight is 564 g/mol. The first-order valence-electron chi connectivity index (χ1n) is 13.9. The fourth-order valence-electron chi connectivity index (χ4n) is 7.58. The van der Waals surface area contributed by atoms with Crippen LogP contribution in [0.3, 0.4) is 0 Å². The third-order valence-electron chi connectivity index (χ3n) is 9.09. The van der Waals surface area contributed by atoms with Crippen LogP contribution in [-0.4, -0.2) is 81.1 Å². The van der Waals surface area contributed by atoms with Gasteiger partial charge in [-0.2, -0.15) is 5.26 Å². The van der Waals surface area contributed by atoms with E-state index < -0.39 is 12.1 Å². The first-order valence-corrected chi connectivity index (χ1v) is 13.9. The zero-order chi connectivity index (χ0) is 29.0. The number of piperazine rings is 1. The second kappa shape index (κ2) is 10.7. The summed E-state index contributed by atoms with van der Waals surface area (Å²) in [5.41, 5.74) is 5.78. The van der Waals surface area contributed by atoms with Gasteiger partial charge in [0.15, 0.2) is 29.8 Å². The Kier molecular flexibility index (Phi) is 7.24. The first-order chi connectivity index (χ1) is 19.9. The topological polar surface area (TPSA) is 106 Å². The Labute approximate surface area is 240 Å². The fourth-order valence-corrected chi connectivity index (χ4v) is 7.58. The van der Waals surface area contributed by atoms with E-state index in [1.807, 2.05) is 13.8 Å². The number of aliphatic hydroxyl groups is 1. The molecule has 5 atom stereocenters. The lowest BCUT2D eigenvalue weighted by atomic mass is 9.71. The van der Waals surface area contributed by atoms with E-state index in [0.29, 0.717) is 48.2 Å². The average Bonchev–Trinajstić information content (AvgIpc) is 3.46. The molecule has 218 valence electrons. The van der Waals surface area contributed by atoms with E-state index in [1.165, 1.54) is 0 Å². The fraction of sp³-hybridized carbons (Fsp3) is 0.516. The molecule has 0 aliphatic carbocycles. The summed E-state index contributed by atoms with van der Waals surface area (Å²) in [7, 11) is 5.32. The van der Waals surface area contributed by atoms with Gasteiger partial charge in [0, 0.05) is 41.4 Å². The molecule has 1 saturated heterocycles. The molecule has 41 heavy (non-hydrogen) atoms. The summed E-state index contributed by atoms with van der Waals surface area (Å²) in [6, 6.07) is 3.36. The summed E-state index contributed by atoms with van der Waals surface area (Å²) in [4.78, 5) is 4.50. The molecule has 10 nitrogen and oxygen atoms in total. The summed E-state index contributed by atoms with van der Waals surface area (Å²) >= 11 is 0. The quantitative estimate of drug-likeness (QED) is 0.380. The normalized spacial score (nSPS) is 25.9. The molecular formula is C31H37N3O7. The second-order valence-electron chi connectivity index (χ2n) is 11.1. The zero-order valence-electron chi connectivity index (χ0n) is 24.2. The van der Waals surface area contributed by atoms with E-state index in [2.05, 4.69) is 35.6 Å². The lowest BCUT2D eigenvalue weighted by Gasteiger charge is -2.59. The number of ether oxygens (including phenoxy) is 6. The molecule has 4 aliphatic rings. The zero-order valence-corrected chi connectivity index (χ0v) is 24.2. The third kappa shape index (κ3) is 3.98.